The number of hydrogen-bond donors (Lipinski definition) is 1. The summed E-state index contributed by atoms with van der Waals surface area (Å²) in [7, 11) is 0. The van der Waals surface area contributed by atoms with Gasteiger partial charge in [0.05, 0.1) is 30.3 Å². The van der Waals surface area contributed by atoms with Crippen molar-refractivity contribution in [1.29, 1.82) is 5.26 Å². The van der Waals surface area contributed by atoms with Crippen LogP contribution in [0.1, 0.15) is 49.9 Å². The third-order valence-electron chi connectivity index (χ3n) is 10.6. The molecule has 10 heteroatoms. The molecule has 0 aliphatic carbocycles. The number of hydrogen-bond acceptors (Lipinski definition) is 8. The van der Waals surface area contributed by atoms with Gasteiger partial charge in [-0.3, -0.25) is 9.80 Å². The van der Waals surface area contributed by atoms with Crippen LogP contribution in [0.15, 0.2) is 72.8 Å². The Labute approximate surface area is 288 Å². The average molecular weight is 660 g/mol. The standard InChI is InChI=1S/C39H45N7O3/c1-28(2)45-20-9-14-31(45)26-49-37-41-34-25-43(35-16-8-13-30-12-6-7-15-32(30)35)21-17-33(34)36(42-37)44-22-23-46(38(47)48)39(27-44,18-19-40)24-29-10-4-3-5-11-29/h3-8,10-13,15-16,28,31H,9,14,17-18,20-27H2,1-2H3,(H,47,48)/t31-,39+/m0/s1. The number of piperazine rings is 1. The molecule has 2 saturated heterocycles. The predicted octanol–water partition coefficient (Wildman–Crippen LogP) is 6.14. The van der Waals surface area contributed by atoms with Crippen LogP contribution in [-0.2, 0) is 19.4 Å². The SMILES string of the molecule is CC(C)N1CCC[C@H]1COc1nc2c(c(N3CCN(C(=O)O)[C@](CC#N)(Cc4ccccc4)C3)n1)CCN(c1cccc3ccccc13)C2. The molecule has 1 N–H and O–H groups in total. The van der Waals surface area contributed by atoms with Gasteiger partial charge in [-0.1, -0.05) is 66.7 Å². The number of carbonyl (C=O) groups is 1. The number of ether oxygens (including phenoxy) is 1. The van der Waals surface area contributed by atoms with Crippen molar-refractivity contribution in [1.82, 2.24) is 19.8 Å². The molecule has 0 bridgehead atoms. The molecule has 0 unspecified atom stereocenters. The summed E-state index contributed by atoms with van der Waals surface area (Å²) in [5.74, 6) is 0.796. The molecule has 49 heavy (non-hydrogen) atoms. The summed E-state index contributed by atoms with van der Waals surface area (Å²) in [6.07, 6.45) is 2.47. The Morgan fingerprint density at radius 1 is 1.00 bits per heavy atom. The lowest BCUT2D eigenvalue weighted by Crippen LogP contribution is -2.65. The van der Waals surface area contributed by atoms with Crippen molar-refractivity contribution in [3.63, 3.8) is 0 Å². The molecule has 4 aromatic rings. The zero-order chi connectivity index (χ0) is 34.0. The van der Waals surface area contributed by atoms with Crippen molar-refractivity contribution in [2.75, 3.05) is 49.1 Å². The molecule has 0 saturated carbocycles. The van der Waals surface area contributed by atoms with Crippen LogP contribution in [0.4, 0.5) is 16.3 Å². The average Bonchev–Trinajstić information content (AvgIpc) is 3.59. The summed E-state index contributed by atoms with van der Waals surface area (Å²) in [5, 5.41) is 22.8. The van der Waals surface area contributed by atoms with Crippen LogP contribution in [0.25, 0.3) is 10.8 Å². The first kappa shape index (κ1) is 32.7. The molecule has 3 aliphatic rings. The van der Waals surface area contributed by atoms with E-state index in [1.807, 2.05) is 30.3 Å². The monoisotopic (exact) mass is 659 g/mol. The highest BCUT2D eigenvalue weighted by Crippen LogP contribution is 2.37. The maximum Gasteiger partial charge on any atom is 0.407 e. The van der Waals surface area contributed by atoms with Gasteiger partial charge in [-0.2, -0.15) is 15.2 Å². The van der Waals surface area contributed by atoms with Crippen LogP contribution >= 0.6 is 0 Å². The Balaban J connectivity index is 1.25. The second-order valence-corrected chi connectivity index (χ2v) is 13.9. The normalized spacial score (nSPS) is 21.2. The third-order valence-corrected chi connectivity index (χ3v) is 10.6. The Morgan fingerprint density at radius 3 is 2.59 bits per heavy atom. The molecule has 0 spiro atoms. The number of rotatable bonds is 9. The number of likely N-dealkylation sites (tertiary alicyclic amines) is 1. The molecule has 254 valence electrons. The molecule has 7 rings (SSSR count). The van der Waals surface area contributed by atoms with E-state index in [1.54, 1.807) is 0 Å². The zero-order valence-corrected chi connectivity index (χ0v) is 28.5. The third kappa shape index (κ3) is 6.60. The number of benzene rings is 3. The maximum atomic E-state index is 12.7. The minimum absolute atomic E-state index is 0.0723. The zero-order valence-electron chi connectivity index (χ0n) is 28.5. The van der Waals surface area contributed by atoms with Gasteiger partial charge in [0.25, 0.3) is 0 Å². The van der Waals surface area contributed by atoms with E-state index in [2.05, 4.69) is 77.1 Å². The fourth-order valence-corrected chi connectivity index (χ4v) is 8.24. The van der Waals surface area contributed by atoms with Gasteiger partial charge in [-0.15, -0.1) is 0 Å². The highest BCUT2D eigenvalue weighted by Gasteiger charge is 2.46. The first-order valence-electron chi connectivity index (χ1n) is 17.5. The molecule has 1 amide bonds. The molecule has 3 aliphatic heterocycles. The Morgan fingerprint density at radius 2 is 1.80 bits per heavy atom. The summed E-state index contributed by atoms with van der Waals surface area (Å²) in [6, 6.07) is 28.2. The minimum Gasteiger partial charge on any atom is -0.465 e. The summed E-state index contributed by atoms with van der Waals surface area (Å²) in [4.78, 5) is 31.4. The summed E-state index contributed by atoms with van der Waals surface area (Å²) >= 11 is 0. The molecule has 2 atom stereocenters. The smallest absolute Gasteiger partial charge is 0.407 e. The largest absolute Gasteiger partial charge is 0.465 e. The van der Waals surface area contributed by atoms with Crippen LogP contribution in [0.2, 0.25) is 0 Å². The highest BCUT2D eigenvalue weighted by atomic mass is 16.5. The number of carboxylic acid groups (broad SMARTS) is 1. The van der Waals surface area contributed by atoms with Gasteiger partial charge < -0.3 is 19.6 Å². The van der Waals surface area contributed by atoms with E-state index in [0.717, 1.165) is 55.0 Å². The topological polar surface area (TPSA) is 109 Å². The number of nitriles is 1. The lowest BCUT2D eigenvalue weighted by molar-refractivity contribution is 0.0668. The van der Waals surface area contributed by atoms with Crippen molar-refractivity contribution in [3.05, 3.63) is 89.6 Å². The second kappa shape index (κ2) is 13.9. The molecular formula is C39H45N7O3. The number of anilines is 2. The lowest BCUT2D eigenvalue weighted by atomic mass is 9.83. The van der Waals surface area contributed by atoms with E-state index in [0.29, 0.717) is 50.8 Å². The maximum absolute atomic E-state index is 12.7. The fourth-order valence-electron chi connectivity index (χ4n) is 8.24. The van der Waals surface area contributed by atoms with Gasteiger partial charge in [-0.25, -0.2) is 4.79 Å². The van der Waals surface area contributed by atoms with E-state index in [9.17, 15) is 15.2 Å². The van der Waals surface area contributed by atoms with Gasteiger partial charge in [0.2, 0.25) is 0 Å². The van der Waals surface area contributed by atoms with Crippen molar-refractivity contribution in [2.45, 2.75) is 70.1 Å². The van der Waals surface area contributed by atoms with E-state index in [4.69, 9.17) is 14.7 Å². The molecule has 10 nitrogen and oxygen atoms in total. The van der Waals surface area contributed by atoms with Gasteiger partial charge >= 0.3 is 12.1 Å². The summed E-state index contributed by atoms with van der Waals surface area (Å²) in [6.45, 7) is 8.54. The Hall–Kier alpha value is -4.88. The van der Waals surface area contributed by atoms with Crippen molar-refractivity contribution < 1.29 is 14.6 Å². The lowest BCUT2D eigenvalue weighted by Gasteiger charge is -2.49. The number of nitrogens with zero attached hydrogens (tertiary/aromatic N) is 7. The van der Waals surface area contributed by atoms with E-state index in [1.165, 1.54) is 21.4 Å². The predicted molar refractivity (Wildman–Crippen MR) is 191 cm³/mol. The van der Waals surface area contributed by atoms with Crippen molar-refractivity contribution in [2.24, 2.45) is 0 Å². The van der Waals surface area contributed by atoms with Gasteiger partial charge in [0, 0.05) is 54.9 Å². The fraction of sp³-hybridized carbons (Fsp3) is 0.436. The van der Waals surface area contributed by atoms with Crippen LogP contribution in [0.5, 0.6) is 6.01 Å². The van der Waals surface area contributed by atoms with Crippen LogP contribution < -0.4 is 14.5 Å². The second-order valence-electron chi connectivity index (χ2n) is 13.9. The minimum atomic E-state index is -1.00. The van der Waals surface area contributed by atoms with E-state index < -0.39 is 11.6 Å². The number of fused-ring (bicyclic) bond motifs is 2. The Kier molecular flexibility index (Phi) is 9.28. The highest BCUT2D eigenvalue weighted by molar-refractivity contribution is 5.94. The van der Waals surface area contributed by atoms with E-state index in [-0.39, 0.29) is 13.0 Å². The first-order valence-corrected chi connectivity index (χ1v) is 17.5. The van der Waals surface area contributed by atoms with Gasteiger partial charge in [0.15, 0.2) is 0 Å². The molecule has 0 radical (unpaired) electrons. The molecule has 1 aromatic heterocycles. The van der Waals surface area contributed by atoms with Crippen molar-refractivity contribution in [3.8, 4) is 12.1 Å². The van der Waals surface area contributed by atoms with Crippen LogP contribution in [0.3, 0.4) is 0 Å². The van der Waals surface area contributed by atoms with Crippen LogP contribution in [-0.4, -0.2) is 87.9 Å². The number of amides is 1. The molecule has 4 heterocycles. The van der Waals surface area contributed by atoms with Gasteiger partial charge in [0.1, 0.15) is 12.4 Å². The number of aromatic nitrogens is 2. The van der Waals surface area contributed by atoms with E-state index >= 15 is 0 Å². The molecule has 2 fully saturated rings. The first-order chi connectivity index (χ1) is 23.8. The quantitative estimate of drug-likeness (QED) is 0.227. The van der Waals surface area contributed by atoms with Gasteiger partial charge in [-0.05, 0) is 63.1 Å². The Bertz CT molecular complexity index is 1840. The van der Waals surface area contributed by atoms with Crippen molar-refractivity contribution >= 4 is 28.4 Å². The molecular weight excluding hydrogens is 614 g/mol. The van der Waals surface area contributed by atoms with Crippen LogP contribution in [0, 0.1) is 11.3 Å². The molecule has 3 aromatic carbocycles. The summed E-state index contributed by atoms with van der Waals surface area (Å²) < 4.78 is 6.47. The summed E-state index contributed by atoms with van der Waals surface area (Å²) in [5.41, 5.74) is 3.24.